The second-order valence-corrected chi connectivity index (χ2v) is 4.98. The highest BCUT2D eigenvalue weighted by molar-refractivity contribution is 7.16. The number of rotatable bonds is 3. The first-order valence-corrected chi connectivity index (χ1v) is 5.71. The van der Waals surface area contributed by atoms with E-state index >= 15 is 0 Å². The molecule has 0 aromatic carbocycles. The van der Waals surface area contributed by atoms with Crippen LogP contribution in [0.25, 0.3) is 0 Å². The number of thiophene rings is 1. The first-order valence-electron chi connectivity index (χ1n) is 4.51. The Kier molecular flexibility index (Phi) is 3.18. The van der Waals surface area contributed by atoms with Gasteiger partial charge in [-0.2, -0.15) is 5.10 Å². The van der Waals surface area contributed by atoms with Crippen molar-refractivity contribution in [1.29, 1.82) is 0 Å². The molecule has 0 aliphatic carbocycles. The van der Waals surface area contributed by atoms with Crippen LogP contribution in [0.2, 0.25) is 4.34 Å². The average molecular weight is 240 g/mol. The quantitative estimate of drug-likeness (QED) is 0.895. The van der Waals surface area contributed by atoms with Crippen LogP contribution in [0.3, 0.4) is 0 Å². The summed E-state index contributed by atoms with van der Waals surface area (Å²) in [6, 6.07) is 5.86. The van der Waals surface area contributed by atoms with Gasteiger partial charge in [-0.15, -0.1) is 16.4 Å². The molecule has 0 saturated heterocycles. The number of anilines is 1. The van der Waals surface area contributed by atoms with Crippen LogP contribution in [0.1, 0.15) is 10.4 Å². The molecule has 0 aliphatic heterocycles. The number of nitrogens with zero attached hydrogens (tertiary/aromatic N) is 2. The van der Waals surface area contributed by atoms with E-state index in [0.29, 0.717) is 0 Å². The Morgan fingerprint density at radius 3 is 3.00 bits per heavy atom. The Balaban J connectivity index is 1.99. The molecule has 1 N–H and O–H groups in total. The minimum absolute atomic E-state index is 0.732. The van der Waals surface area contributed by atoms with Crippen LogP contribution in [0.5, 0.6) is 0 Å². The van der Waals surface area contributed by atoms with Crippen LogP contribution >= 0.6 is 22.9 Å². The largest absolute Gasteiger partial charge is 0.364 e. The maximum atomic E-state index is 5.83. The van der Waals surface area contributed by atoms with E-state index in [1.807, 2.05) is 25.1 Å². The van der Waals surface area contributed by atoms with Crippen molar-refractivity contribution < 1.29 is 0 Å². The second kappa shape index (κ2) is 4.59. The Bertz CT molecular complexity index is 455. The monoisotopic (exact) mass is 239 g/mol. The Morgan fingerprint density at radius 2 is 2.33 bits per heavy atom. The maximum absolute atomic E-state index is 5.83. The van der Waals surface area contributed by atoms with E-state index in [0.717, 1.165) is 22.3 Å². The van der Waals surface area contributed by atoms with Crippen molar-refractivity contribution in [2.75, 3.05) is 5.32 Å². The molecule has 0 spiro atoms. The van der Waals surface area contributed by atoms with E-state index in [2.05, 4.69) is 15.5 Å². The first-order chi connectivity index (χ1) is 7.24. The topological polar surface area (TPSA) is 37.8 Å². The first kappa shape index (κ1) is 10.4. The van der Waals surface area contributed by atoms with Crippen molar-refractivity contribution in [1.82, 2.24) is 10.2 Å². The fourth-order valence-corrected chi connectivity index (χ4v) is 2.20. The molecule has 0 radical (unpaired) electrons. The van der Waals surface area contributed by atoms with Crippen LogP contribution in [0.15, 0.2) is 24.4 Å². The molecule has 0 bridgehead atoms. The number of aromatic nitrogens is 2. The van der Waals surface area contributed by atoms with Gasteiger partial charge in [-0.3, -0.25) is 0 Å². The number of nitrogens with one attached hydrogen (secondary N) is 1. The van der Waals surface area contributed by atoms with Gasteiger partial charge in [-0.05, 0) is 30.7 Å². The Hall–Kier alpha value is -1.13. The van der Waals surface area contributed by atoms with Gasteiger partial charge in [0, 0.05) is 4.88 Å². The summed E-state index contributed by atoms with van der Waals surface area (Å²) in [6.07, 6.45) is 1.73. The van der Waals surface area contributed by atoms with Crippen molar-refractivity contribution in [2.24, 2.45) is 0 Å². The minimum Gasteiger partial charge on any atom is -0.364 e. The SMILES string of the molecule is Cc1cnnc(NCc2ccc(Cl)s2)c1. The molecule has 0 aliphatic rings. The van der Waals surface area contributed by atoms with Crippen LogP contribution in [0, 0.1) is 6.92 Å². The third-order valence-corrected chi connectivity index (χ3v) is 3.09. The maximum Gasteiger partial charge on any atom is 0.149 e. The lowest BCUT2D eigenvalue weighted by Crippen LogP contribution is -2.00. The molecule has 78 valence electrons. The smallest absolute Gasteiger partial charge is 0.149 e. The van der Waals surface area contributed by atoms with Crippen LogP contribution < -0.4 is 5.32 Å². The zero-order chi connectivity index (χ0) is 10.7. The summed E-state index contributed by atoms with van der Waals surface area (Å²) in [5.74, 6) is 0.791. The van der Waals surface area contributed by atoms with E-state index in [9.17, 15) is 0 Å². The predicted octanol–water partition coefficient (Wildman–Crippen LogP) is 3.11. The summed E-state index contributed by atoms with van der Waals surface area (Å²) >= 11 is 7.40. The molecular formula is C10H10ClN3S. The van der Waals surface area contributed by atoms with Gasteiger partial charge in [0.2, 0.25) is 0 Å². The van der Waals surface area contributed by atoms with E-state index in [1.165, 1.54) is 4.88 Å². The van der Waals surface area contributed by atoms with E-state index < -0.39 is 0 Å². The number of hydrogen-bond donors (Lipinski definition) is 1. The van der Waals surface area contributed by atoms with Gasteiger partial charge < -0.3 is 5.32 Å². The highest BCUT2D eigenvalue weighted by atomic mass is 35.5. The molecule has 3 nitrogen and oxygen atoms in total. The lowest BCUT2D eigenvalue weighted by molar-refractivity contribution is 0.993. The molecule has 2 aromatic heterocycles. The number of aryl methyl sites for hydroxylation is 1. The highest BCUT2D eigenvalue weighted by Gasteiger charge is 1.99. The molecule has 2 aromatic rings. The lowest BCUT2D eigenvalue weighted by Gasteiger charge is -2.02. The third-order valence-electron chi connectivity index (χ3n) is 1.86. The Morgan fingerprint density at radius 1 is 1.47 bits per heavy atom. The van der Waals surface area contributed by atoms with Crippen molar-refractivity contribution in [3.05, 3.63) is 39.2 Å². The van der Waals surface area contributed by atoms with Crippen LogP contribution in [-0.4, -0.2) is 10.2 Å². The van der Waals surface area contributed by atoms with E-state index in [-0.39, 0.29) is 0 Å². The van der Waals surface area contributed by atoms with E-state index in [1.54, 1.807) is 17.5 Å². The molecule has 2 heterocycles. The van der Waals surface area contributed by atoms with Gasteiger partial charge in [-0.1, -0.05) is 11.6 Å². The van der Waals surface area contributed by atoms with Crippen molar-refractivity contribution in [3.8, 4) is 0 Å². The highest BCUT2D eigenvalue weighted by Crippen LogP contribution is 2.21. The van der Waals surface area contributed by atoms with Gasteiger partial charge >= 0.3 is 0 Å². The molecule has 15 heavy (non-hydrogen) atoms. The molecule has 0 atom stereocenters. The fraction of sp³-hybridized carbons (Fsp3) is 0.200. The molecular weight excluding hydrogens is 230 g/mol. The summed E-state index contributed by atoms with van der Waals surface area (Å²) in [7, 11) is 0. The summed E-state index contributed by atoms with van der Waals surface area (Å²) in [4.78, 5) is 1.18. The normalized spacial score (nSPS) is 10.3. The Labute approximate surface area is 97.1 Å². The van der Waals surface area contributed by atoms with Gasteiger partial charge in [0.05, 0.1) is 17.1 Å². The van der Waals surface area contributed by atoms with Crippen LogP contribution in [0.4, 0.5) is 5.82 Å². The lowest BCUT2D eigenvalue weighted by atomic mass is 10.3. The van der Waals surface area contributed by atoms with E-state index in [4.69, 9.17) is 11.6 Å². The van der Waals surface area contributed by atoms with Gasteiger partial charge in [0.15, 0.2) is 0 Å². The zero-order valence-electron chi connectivity index (χ0n) is 8.20. The number of hydrogen-bond acceptors (Lipinski definition) is 4. The molecule has 5 heteroatoms. The minimum atomic E-state index is 0.732. The molecule has 2 rings (SSSR count). The summed E-state index contributed by atoms with van der Waals surface area (Å²) in [5.41, 5.74) is 1.09. The van der Waals surface area contributed by atoms with Gasteiger partial charge in [0.25, 0.3) is 0 Å². The van der Waals surface area contributed by atoms with Crippen molar-refractivity contribution >= 4 is 28.8 Å². The van der Waals surface area contributed by atoms with Gasteiger partial charge in [0.1, 0.15) is 5.82 Å². The summed E-state index contributed by atoms with van der Waals surface area (Å²) in [6.45, 7) is 2.72. The van der Waals surface area contributed by atoms with Crippen molar-refractivity contribution in [2.45, 2.75) is 13.5 Å². The van der Waals surface area contributed by atoms with Gasteiger partial charge in [-0.25, -0.2) is 0 Å². The summed E-state index contributed by atoms with van der Waals surface area (Å²) in [5, 5.41) is 11.0. The molecule has 0 amide bonds. The van der Waals surface area contributed by atoms with Crippen LogP contribution in [-0.2, 0) is 6.54 Å². The predicted molar refractivity (Wildman–Crippen MR) is 63.4 cm³/mol. The zero-order valence-corrected chi connectivity index (χ0v) is 9.77. The standard InChI is InChI=1S/C10H10ClN3S/c1-7-4-10(14-13-5-7)12-6-8-2-3-9(11)15-8/h2-5H,6H2,1H3,(H,12,14). The second-order valence-electron chi connectivity index (χ2n) is 3.18. The molecule has 0 saturated carbocycles. The molecule has 0 unspecified atom stereocenters. The third kappa shape index (κ3) is 2.91. The summed E-state index contributed by atoms with van der Waals surface area (Å²) < 4.78 is 0.808. The molecule has 0 fully saturated rings. The number of halogens is 1. The van der Waals surface area contributed by atoms with Crippen molar-refractivity contribution in [3.63, 3.8) is 0 Å². The fourth-order valence-electron chi connectivity index (χ4n) is 1.17. The average Bonchev–Trinajstić information content (AvgIpc) is 2.62.